The van der Waals surface area contributed by atoms with E-state index in [1.165, 1.54) is 18.6 Å². The molecule has 3 heteroatoms. The third-order valence-electron chi connectivity index (χ3n) is 2.93. The number of allylic oxidation sites excluding steroid dienone is 3. The average Bonchev–Trinajstić information content (AvgIpc) is 2.26. The third kappa shape index (κ3) is 9.56. The normalized spacial score (nSPS) is 16.0. The van der Waals surface area contributed by atoms with Crippen molar-refractivity contribution in [1.29, 1.82) is 0 Å². The zero-order chi connectivity index (χ0) is 15.8. The summed E-state index contributed by atoms with van der Waals surface area (Å²) in [5.41, 5.74) is 1.40. The summed E-state index contributed by atoms with van der Waals surface area (Å²) in [4.78, 5) is 11.1. The summed E-state index contributed by atoms with van der Waals surface area (Å²) in [5, 5.41) is 10.0. The SMILES string of the molecule is C=C[C@@](C)(O)C[C@@H](/C=C(\C)CCC=C(C)C)OC(C)=O. The molecule has 0 saturated carbocycles. The van der Waals surface area contributed by atoms with Crippen molar-refractivity contribution in [3.05, 3.63) is 36.0 Å². The highest BCUT2D eigenvalue weighted by Crippen LogP contribution is 2.19. The van der Waals surface area contributed by atoms with Gasteiger partial charge in [0.1, 0.15) is 6.10 Å². The molecule has 0 heterocycles. The first kappa shape index (κ1) is 18.7. The molecule has 0 aromatic carbocycles. The minimum absolute atomic E-state index is 0.316. The molecule has 0 aliphatic rings. The Labute approximate surface area is 123 Å². The van der Waals surface area contributed by atoms with Crippen LogP contribution in [0.5, 0.6) is 0 Å². The van der Waals surface area contributed by atoms with Crippen LogP contribution >= 0.6 is 0 Å². The Morgan fingerprint density at radius 1 is 1.35 bits per heavy atom. The van der Waals surface area contributed by atoms with Crippen LogP contribution in [0, 0.1) is 0 Å². The summed E-state index contributed by atoms with van der Waals surface area (Å²) in [5.74, 6) is -0.344. The van der Waals surface area contributed by atoms with Crippen LogP contribution in [0.25, 0.3) is 0 Å². The summed E-state index contributed by atoms with van der Waals surface area (Å²) >= 11 is 0. The molecule has 2 atom stereocenters. The lowest BCUT2D eigenvalue weighted by molar-refractivity contribution is -0.145. The van der Waals surface area contributed by atoms with Gasteiger partial charge in [0.2, 0.25) is 0 Å². The molecular formula is C17H28O3. The second-order valence-electron chi connectivity index (χ2n) is 5.75. The third-order valence-corrected chi connectivity index (χ3v) is 2.93. The number of hydrogen-bond donors (Lipinski definition) is 1. The summed E-state index contributed by atoms with van der Waals surface area (Å²) in [7, 11) is 0. The molecule has 0 rings (SSSR count). The van der Waals surface area contributed by atoms with E-state index in [0.717, 1.165) is 18.4 Å². The molecular weight excluding hydrogens is 252 g/mol. The van der Waals surface area contributed by atoms with Crippen LogP contribution in [-0.4, -0.2) is 22.8 Å². The van der Waals surface area contributed by atoms with Crippen LogP contribution in [0.4, 0.5) is 0 Å². The monoisotopic (exact) mass is 280 g/mol. The molecule has 3 nitrogen and oxygen atoms in total. The van der Waals surface area contributed by atoms with Gasteiger partial charge in [0.15, 0.2) is 0 Å². The van der Waals surface area contributed by atoms with E-state index in [9.17, 15) is 9.90 Å². The van der Waals surface area contributed by atoms with Gasteiger partial charge in [0.05, 0.1) is 5.60 Å². The summed E-state index contributed by atoms with van der Waals surface area (Å²) < 4.78 is 5.25. The molecule has 0 aliphatic carbocycles. The van der Waals surface area contributed by atoms with Gasteiger partial charge in [-0.15, -0.1) is 6.58 Å². The lowest BCUT2D eigenvalue weighted by atomic mass is 9.96. The Morgan fingerprint density at radius 3 is 2.40 bits per heavy atom. The first-order valence-electron chi connectivity index (χ1n) is 7.00. The van der Waals surface area contributed by atoms with Crippen molar-refractivity contribution in [3.63, 3.8) is 0 Å². The van der Waals surface area contributed by atoms with Crippen molar-refractivity contribution in [2.45, 2.75) is 65.6 Å². The van der Waals surface area contributed by atoms with Gasteiger partial charge in [0, 0.05) is 13.3 Å². The van der Waals surface area contributed by atoms with E-state index in [-0.39, 0.29) is 5.97 Å². The average molecular weight is 280 g/mol. The van der Waals surface area contributed by atoms with E-state index in [2.05, 4.69) is 26.5 Å². The summed E-state index contributed by atoms with van der Waals surface area (Å²) in [6, 6.07) is 0. The van der Waals surface area contributed by atoms with Gasteiger partial charge in [-0.2, -0.15) is 0 Å². The fraction of sp³-hybridized carbons (Fsp3) is 0.588. The van der Waals surface area contributed by atoms with Crippen LogP contribution in [0.2, 0.25) is 0 Å². The van der Waals surface area contributed by atoms with E-state index >= 15 is 0 Å². The van der Waals surface area contributed by atoms with E-state index in [1.54, 1.807) is 6.92 Å². The molecule has 1 N–H and O–H groups in total. The molecule has 0 unspecified atom stereocenters. The highest BCUT2D eigenvalue weighted by atomic mass is 16.5. The smallest absolute Gasteiger partial charge is 0.303 e. The van der Waals surface area contributed by atoms with Gasteiger partial charge >= 0.3 is 5.97 Å². The standard InChI is InChI=1S/C17H28O3/c1-7-17(6,19)12-16(20-15(5)18)11-14(4)10-8-9-13(2)3/h7,9,11,16,19H,1,8,10,12H2,2-6H3/b14-11+/t16-,17-/m1/s1. The Hall–Kier alpha value is -1.35. The van der Waals surface area contributed by atoms with Gasteiger partial charge in [-0.25, -0.2) is 0 Å². The minimum Gasteiger partial charge on any atom is -0.458 e. The fourth-order valence-electron chi connectivity index (χ4n) is 1.83. The molecule has 0 bridgehead atoms. The topological polar surface area (TPSA) is 46.5 Å². The van der Waals surface area contributed by atoms with Gasteiger partial charge in [-0.1, -0.05) is 23.3 Å². The minimum atomic E-state index is -1.04. The van der Waals surface area contributed by atoms with Crippen molar-refractivity contribution >= 4 is 5.97 Å². The van der Waals surface area contributed by atoms with E-state index in [1.807, 2.05) is 13.0 Å². The number of ether oxygens (including phenoxy) is 1. The number of rotatable bonds is 8. The molecule has 0 radical (unpaired) electrons. The largest absolute Gasteiger partial charge is 0.458 e. The van der Waals surface area contributed by atoms with Crippen LogP contribution in [0.3, 0.4) is 0 Å². The first-order chi connectivity index (χ1) is 9.16. The summed E-state index contributed by atoms with van der Waals surface area (Å²) in [6.07, 6.45) is 7.34. The quantitative estimate of drug-likeness (QED) is 0.541. The van der Waals surface area contributed by atoms with Gasteiger partial charge in [-0.05, 0) is 46.6 Å². The van der Waals surface area contributed by atoms with Gasteiger partial charge in [0.25, 0.3) is 0 Å². The second-order valence-corrected chi connectivity index (χ2v) is 5.75. The zero-order valence-electron chi connectivity index (χ0n) is 13.4. The van der Waals surface area contributed by atoms with Gasteiger partial charge in [-0.3, -0.25) is 4.79 Å². The maximum Gasteiger partial charge on any atom is 0.303 e. The van der Waals surface area contributed by atoms with Crippen LogP contribution in [0.1, 0.15) is 53.9 Å². The number of esters is 1. The Bertz CT molecular complexity index is 385. The highest BCUT2D eigenvalue weighted by Gasteiger charge is 2.22. The zero-order valence-corrected chi connectivity index (χ0v) is 13.4. The Kier molecular flexibility index (Phi) is 8.16. The highest BCUT2D eigenvalue weighted by molar-refractivity contribution is 5.66. The predicted octanol–water partition coefficient (Wildman–Crippen LogP) is 3.94. The van der Waals surface area contributed by atoms with Crippen molar-refractivity contribution in [3.8, 4) is 0 Å². The Balaban J connectivity index is 4.73. The molecule has 0 fully saturated rings. The van der Waals surface area contributed by atoms with Crippen molar-refractivity contribution in [2.24, 2.45) is 0 Å². The molecule has 0 aliphatic heterocycles. The number of aliphatic hydroxyl groups is 1. The second kappa shape index (κ2) is 8.75. The van der Waals surface area contributed by atoms with Crippen LogP contribution in [-0.2, 0) is 9.53 Å². The lowest BCUT2D eigenvalue weighted by Gasteiger charge is -2.24. The number of carbonyl (C=O) groups excluding carboxylic acids is 1. The first-order valence-corrected chi connectivity index (χ1v) is 7.00. The number of carbonyl (C=O) groups is 1. The molecule has 0 saturated heterocycles. The lowest BCUT2D eigenvalue weighted by Crippen LogP contribution is -2.29. The predicted molar refractivity (Wildman–Crippen MR) is 83.4 cm³/mol. The molecule has 114 valence electrons. The van der Waals surface area contributed by atoms with Crippen molar-refractivity contribution < 1.29 is 14.6 Å². The molecule has 0 spiro atoms. The fourth-order valence-corrected chi connectivity index (χ4v) is 1.83. The van der Waals surface area contributed by atoms with Gasteiger partial charge < -0.3 is 9.84 Å². The van der Waals surface area contributed by atoms with Crippen molar-refractivity contribution in [1.82, 2.24) is 0 Å². The Morgan fingerprint density at radius 2 is 1.95 bits per heavy atom. The van der Waals surface area contributed by atoms with E-state index in [4.69, 9.17) is 4.74 Å². The maximum atomic E-state index is 11.1. The van der Waals surface area contributed by atoms with Crippen LogP contribution in [0.15, 0.2) is 36.0 Å². The van der Waals surface area contributed by atoms with Crippen molar-refractivity contribution in [2.75, 3.05) is 0 Å². The van der Waals surface area contributed by atoms with Crippen LogP contribution < -0.4 is 0 Å². The van der Waals surface area contributed by atoms with E-state index in [0.29, 0.717) is 6.42 Å². The number of hydrogen-bond acceptors (Lipinski definition) is 3. The molecule has 20 heavy (non-hydrogen) atoms. The van der Waals surface area contributed by atoms with E-state index < -0.39 is 11.7 Å². The maximum absolute atomic E-state index is 11.1. The molecule has 0 aromatic rings. The summed E-state index contributed by atoms with van der Waals surface area (Å²) in [6.45, 7) is 12.8. The molecule has 0 aromatic heterocycles. The molecule has 0 amide bonds.